The molecule has 1 heterocycles. The normalized spacial score (nSPS) is 18.4. The first kappa shape index (κ1) is 16.2. The van der Waals surface area contributed by atoms with Gasteiger partial charge in [-0.2, -0.15) is 0 Å². The van der Waals surface area contributed by atoms with Crippen LogP contribution in [0.4, 0.5) is 0 Å². The molecule has 0 fully saturated rings. The third-order valence-electron chi connectivity index (χ3n) is 2.82. The lowest BCUT2D eigenvalue weighted by atomic mass is 10.2. The summed E-state index contributed by atoms with van der Waals surface area (Å²) in [5, 5.41) is 0.984. The van der Waals surface area contributed by atoms with E-state index >= 15 is 0 Å². The molecule has 4 heteroatoms. The maximum atomic E-state index is 11.9. The van der Waals surface area contributed by atoms with Crippen molar-refractivity contribution in [1.82, 2.24) is 4.90 Å². The summed E-state index contributed by atoms with van der Waals surface area (Å²) in [4.78, 5) is 15.4. The molecule has 0 amide bonds. The molecule has 0 aromatic heterocycles. The van der Waals surface area contributed by atoms with E-state index in [1.54, 1.807) is 17.8 Å². The maximum absolute atomic E-state index is 11.9. The van der Waals surface area contributed by atoms with Crippen molar-refractivity contribution in [1.29, 1.82) is 0 Å². The molecule has 3 nitrogen and oxygen atoms in total. The molecule has 0 N–H and O–H groups in total. The molecule has 0 unspecified atom stereocenters. The lowest BCUT2D eigenvalue weighted by Crippen LogP contribution is -2.24. The minimum Gasteiger partial charge on any atom is -0.457 e. The van der Waals surface area contributed by atoms with Crippen LogP contribution >= 0.6 is 11.8 Å². The zero-order valence-electron chi connectivity index (χ0n) is 12.9. The van der Waals surface area contributed by atoms with E-state index in [0.29, 0.717) is 0 Å². The van der Waals surface area contributed by atoms with Crippen LogP contribution in [0.25, 0.3) is 0 Å². The quantitative estimate of drug-likeness (QED) is 0.569. The van der Waals surface area contributed by atoms with Crippen molar-refractivity contribution in [3.05, 3.63) is 21.7 Å². The lowest BCUT2D eigenvalue weighted by molar-refractivity contribution is -0.148. The summed E-state index contributed by atoms with van der Waals surface area (Å²) in [6.45, 7) is 13.0. The number of hydrogen-bond acceptors (Lipinski definition) is 4. The van der Waals surface area contributed by atoms with Crippen LogP contribution in [0, 0.1) is 0 Å². The second-order valence-electron chi connectivity index (χ2n) is 5.76. The molecule has 1 aliphatic rings. The highest BCUT2D eigenvalue weighted by Gasteiger charge is 2.24. The fourth-order valence-electron chi connectivity index (χ4n) is 1.77. The number of ether oxygens (including phenoxy) is 1. The molecule has 0 aromatic rings. The van der Waals surface area contributed by atoms with E-state index in [-0.39, 0.29) is 5.97 Å². The van der Waals surface area contributed by atoms with Crippen LogP contribution in [0.15, 0.2) is 21.7 Å². The minimum atomic E-state index is -0.441. The molecule has 0 saturated carbocycles. The molecular weight excluding hydrogens is 258 g/mol. The molecule has 108 valence electrons. The van der Waals surface area contributed by atoms with Gasteiger partial charge in [0, 0.05) is 17.1 Å². The summed E-state index contributed by atoms with van der Waals surface area (Å²) >= 11 is 1.65. The molecule has 19 heavy (non-hydrogen) atoms. The summed E-state index contributed by atoms with van der Waals surface area (Å²) in [6, 6.07) is 0. The summed E-state index contributed by atoms with van der Waals surface area (Å²) in [7, 11) is 0. The zero-order valence-corrected chi connectivity index (χ0v) is 13.7. The molecule has 0 bridgehead atoms. The fourth-order valence-corrected chi connectivity index (χ4v) is 2.84. The van der Waals surface area contributed by atoms with Gasteiger partial charge >= 0.3 is 5.97 Å². The number of allylic oxidation sites excluding steroid dienone is 2. The van der Waals surface area contributed by atoms with Crippen molar-refractivity contribution in [2.45, 2.75) is 60.0 Å². The van der Waals surface area contributed by atoms with Crippen LogP contribution in [-0.2, 0) is 9.53 Å². The van der Waals surface area contributed by atoms with Gasteiger partial charge in [0.1, 0.15) is 5.60 Å². The number of unbranched alkanes of at least 4 members (excludes halogenated alkanes) is 1. The molecule has 1 aliphatic heterocycles. The summed E-state index contributed by atoms with van der Waals surface area (Å²) in [5.41, 5.74) is 0.802. The van der Waals surface area contributed by atoms with Crippen LogP contribution < -0.4 is 0 Å². The molecule has 0 saturated heterocycles. The first-order valence-corrected chi connectivity index (χ1v) is 7.64. The Morgan fingerprint density at radius 2 is 2.00 bits per heavy atom. The van der Waals surface area contributed by atoms with Crippen molar-refractivity contribution in [3.8, 4) is 0 Å². The van der Waals surface area contributed by atoms with E-state index in [1.165, 1.54) is 10.6 Å². The summed E-state index contributed by atoms with van der Waals surface area (Å²) in [5.74, 6) is -0.265. The average Bonchev–Trinajstić information content (AvgIpc) is 2.49. The Morgan fingerprint density at radius 1 is 1.37 bits per heavy atom. The third-order valence-corrected chi connectivity index (χ3v) is 3.97. The van der Waals surface area contributed by atoms with Crippen molar-refractivity contribution < 1.29 is 9.53 Å². The van der Waals surface area contributed by atoms with E-state index in [9.17, 15) is 4.79 Å². The molecule has 0 radical (unpaired) electrons. The number of esters is 1. The Balaban J connectivity index is 2.79. The van der Waals surface area contributed by atoms with Crippen LogP contribution in [-0.4, -0.2) is 23.0 Å². The number of rotatable bonds is 4. The topological polar surface area (TPSA) is 29.5 Å². The fraction of sp³-hybridized carbons (Fsp3) is 0.667. The first-order valence-electron chi connectivity index (χ1n) is 6.82. The Kier molecular flexibility index (Phi) is 5.53. The van der Waals surface area contributed by atoms with Crippen molar-refractivity contribution in [2.24, 2.45) is 0 Å². The first-order chi connectivity index (χ1) is 8.74. The van der Waals surface area contributed by atoms with Gasteiger partial charge in [-0.1, -0.05) is 25.1 Å². The van der Waals surface area contributed by atoms with Crippen LogP contribution in [0.5, 0.6) is 0 Å². The van der Waals surface area contributed by atoms with E-state index in [0.717, 1.165) is 24.4 Å². The van der Waals surface area contributed by atoms with Gasteiger partial charge in [-0.15, -0.1) is 0 Å². The molecule has 0 aliphatic carbocycles. The van der Waals surface area contributed by atoms with E-state index < -0.39 is 5.60 Å². The Bertz CT molecular complexity index is 405. The predicted octanol–water partition coefficient (Wildman–Crippen LogP) is 4.27. The van der Waals surface area contributed by atoms with Gasteiger partial charge in [-0.3, -0.25) is 0 Å². The van der Waals surface area contributed by atoms with E-state index in [4.69, 9.17) is 4.74 Å². The van der Waals surface area contributed by atoms with Crippen LogP contribution in [0.3, 0.4) is 0 Å². The highest BCUT2D eigenvalue weighted by Crippen LogP contribution is 2.40. The number of thioether (sulfide) groups is 1. The van der Waals surface area contributed by atoms with Gasteiger partial charge in [0.25, 0.3) is 0 Å². The van der Waals surface area contributed by atoms with Crippen molar-refractivity contribution >= 4 is 17.7 Å². The van der Waals surface area contributed by atoms with Crippen LogP contribution in [0.1, 0.15) is 54.4 Å². The van der Waals surface area contributed by atoms with Crippen molar-refractivity contribution in [2.75, 3.05) is 6.54 Å². The van der Waals surface area contributed by atoms with Crippen LogP contribution in [0.2, 0.25) is 0 Å². The highest BCUT2D eigenvalue weighted by molar-refractivity contribution is 8.06. The highest BCUT2D eigenvalue weighted by atomic mass is 32.2. The minimum absolute atomic E-state index is 0.265. The average molecular weight is 283 g/mol. The summed E-state index contributed by atoms with van der Waals surface area (Å²) < 4.78 is 5.35. The summed E-state index contributed by atoms with van der Waals surface area (Å²) in [6.07, 6.45) is 3.88. The van der Waals surface area contributed by atoms with Gasteiger partial charge < -0.3 is 9.64 Å². The Morgan fingerprint density at radius 3 is 2.53 bits per heavy atom. The molecule has 1 rings (SSSR count). The van der Waals surface area contributed by atoms with Gasteiger partial charge in [-0.05, 0) is 41.0 Å². The van der Waals surface area contributed by atoms with Gasteiger partial charge in [-0.25, -0.2) is 4.79 Å². The number of hydrogen-bond donors (Lipinski definition) is 0. The number of nitrogens with zero attached hydrogens (tertiary/aromatic N) is 1. The molecule has 0 spiro atoms. The lowest BCUT2D eigenvalue weighted by Gasteiger charge is -2.22. The van der Waals surface area contributed by atoms with Gasteiger partial charge in [0.05, 0.1) is 11.1 Å². The number of carbonyl (C=O) groups excluding carboxylic acids is 1. The maximum Gasteiger partial charge on any atom is 0.333 e. The molecular formula is C15H25NO2S. The predicted molar refractivity (Wildman–Crippen MR) is 81.5 cm³/mol. The second-order valence-corrected chi connectivity index (χ2v) is 7.00. The smallest absolute Gasteiger partial charge is 0.333 e. The SMILES string of the molecule is CCCCN1C(=CC(=O)OC(C)(C)C)SC(C)=C1C. The Labute approximate surface area is 121 Å². The molecule has 0 aromatic carbocycles. The second kappa shape index (κ2) is 6.51. The molecule has 0 atom stereocenters. The third kappa shape index (κ3) is 4.94. The van der Waals surface area contributed by atoms with E-state index in [2.05, 4.69) is 25.7 Å². The van der Waals surface area contributed by atoms with Gasteiger partial charge in [0.2, 0.25) is 0 Å². The number of carbonyl (C=O) groups is 1. The van der Waals surface area contributed by atoms with E-state index in [1.807, 2.05) is 20.8 Å². The standard InChI is InChI=1S/C15H25NO2S/c1-7-8-9-16-11(2)12(3)19-13(16)10-14(17)18-15(4,5)6/h10H,7-9H2,1-6H3. The monoisotopic (exact) mass is 283 g/mol. The Hall–Kier alpha value is -0.900. The largest absolute Gasteiger partial charge is 0.457 e. The van der Waals surface area contributed by atoms with Crippen molar-refractivity contribution in [3.63, 3.8) is 0 Å². The van der Waals surface area contributed by atoms with Gasteiger partial charge in [0.15, 0.2) is 0 Å². The zero-order chi connectivity index (χ0) is 14.6.